The molecular weight excluding hydrogens is 222 g/mol. The van der Waals surface area contributed by atoms with Crippen molar-refractivity contribution < 1.29 is 0 Å². The molecule has 0 bridgehead atoms. The van der Waals surface area contributed by atoms with E-state index in [1.807, 2.05) is 0 Å². The zero-order valence-electron chi connectivity index (χ0n) is 12.3. The Morgan fingerprint density at radius 2 is 1.94 bits per heavy atom. The van der Waals surface area contributed by atoms with Crippen molar-refractivity contribution in [1.82, 2.24) is 9.80 Å². The Hall–Kier alpha value is -0.120. The minimum atomic E-state index is 0.415. The van der Waals surface area contributed by atoms with Gasteiger partial charge in [0.25, 0.3) is 0 Å². The standard InChI is InChI=1S/C15H31N3/c1-17-10-5-6-13(12-17)9-11-18(2)15-8-4-3-7-14(15)16/h13-15H,3-12,16H2,1-2H3. The molecule has 2 rings (SSSR count). The fraction of sp³-hybridized carbons (Fsp3) is 1.00. The van der Waals surface area contributed by atoms with Crippen LogP contribution in [-0.2, 0) is 0 Å². The van der Waals surface area contributed by atoms with Crippen LogP contribution in [0.4, 0.5) is 0 Å². The SMILES string of the molecule is CN1CCCC(CCN(C)C2CCCCC2N)C1. The molecule has 3 unspecified atom stereocenters. The lowest BCUT2D eigenvalue weighted by molar-refractivity contribution is 0.140. The fourth-order valence-electron chi connectivity index (χ4n) is 3.75. The molecule has 3 heteroatoms. The van der Waals surface area contributed by atoms with Crippen LogP contribution in [0.5, 0.6) is 0 Å². The Bertz CT molecular complexity index is 244. The van der Waals surface area contributed by atoms with Crippen LogP contribution in [0.3, 0.4) is 0 Å². The van der Waals surface area contributed by atoms with Gasteiger partial charge in [0.15, 0.2) is 0 Å². The molecule has 3 atom stereocenters. The smallest absolute Gasteiger partial charge is 0.0244 e. The van der Waals surface area contributed by atoms with Gasteiger partial charge in [-0.05, 0) is 65.2 Å². The van der Waals surface area contributed by atoms with Crippen LogP contribution >= 0.6 is 0 Å². The lowest BCUT2D eigenvalue weighted by Gasteiger charge is -2.37. The molecule has 1 heterocycles. The van der Waals surface area contributed by atoms with Crippen LogP contribution in [0.2, 0.25) is 0 Å². The second-order valence-corrected chi connectivity index (χ2v) is 6.56. The highest BCUT2D eigenvalue weighted by molar-refractivity contribution is 4.85. The molecule has 106 valence electrons. The molecule has 0 aromatic carbocycles. The topological polar surface area (TPSA) is 32.5 Å². The summed E-state index contributed by atoms with van der Waals surface area (Å²) in [6.45, 7) is 3.82. The Morgan fingerprint density at radius 1 is 1.17 bits per heavy atom. The van der Waals surface area contributed by atoms with Gasteiger partial charge in [-0.25, -0.2) is 0 Å². The average Bonchev–Trinajstić information content (AvgIpc) is 2.37. The second-order valence-electron chi connectivity index (χ2n) is 6.56. The van der Waals surface area contributed by atoms with Crippen molar-refractivity contribution in [3.8, 4) is 0 Å². The third kappa shape index (κ3) is 3.94. The number of rotatable bonds is 4. The molecule has 0 spiro atoms. The third-order valence-corrected chi connectivity index (χ3v) is 4.96. The number of hydrogen-bond acceptors (Lipinski definition) is 3. The van der Waals surface area contributed by atoms with E-state index in [2.05, 4.69) is 23.9 Å². The van der Waals surface area contributed by atoms with Crippen molar-refractivity contribution in [2.24, 2.45) is 11.7 Å². The highest BCUT2D eigenvalue weighted by Crippen LogP contribution is 2.23. The summed E-state index contributed by atoms with van der Waals surface area (Å²) in [4.78, 5) is 5.03. The molecule has 1 saturated carbocycles. The van der Waals surface area contributed by atoms with Crippen LogP contribution in [0, 0.1) is 5.92 Å². The van der Waals surface area contributed by atoms with Gasteiger partial charge < -0.3 is 15.5 Å². The van der Waals surface area contributed by atoms with Gasteiger partial charge in [0.1, 0.15) is 0 Å². The average molecular weight is 253 g/mol. The first kappa shape index (κ1) is 14.3. The largest absolute Gasteiger partial charge is 0.326 e. The summed E-state index contributed by atoms with van der Waals surface area (Å²) in [5, 5.41) is 0. The van der Waals surface area contributed by atoms with E-state index in [0.29, 0.717) is 12.1 Å². The van der Waals surface area contributed by atoms with Crippen molar-refractivity contribution >= 4 is 0 Å². The fourth-order valence-corrected chi connectivity index (χ4v) is 3.75. The molecule has 0 aromatic rings. The van der Waals surface area contributed by atoms with Gasteiger partial charge in [0.05, 0.1) is 0 Å². The molecule has 0 aromatic heterocycles. The highest BCUT2D eigenvalue weighted by atomic mass is 15.1. The van der Waals surface area contributed by atoms with Gasteiger partial charge in [-0.15, -0.1) is 0 Å². The summed E-state index contributed by atoms with van der Waals surface area (Å²) >= 11 is 0. The van der Waals surface area contributed by atoms with Crippen molar-refractivity contribution in [3.05, 3.63) is 0 Å². The van der Waals surface area contributed by atoms with Crippen molar-refractivity contribution in [2.45, 2.75) is 57.0 Å². The lowest BCUT2D eigenvalue weighted by atomic mass is 9.89. The molecule has 2 aliphatic rings. The van der Waals surface area contributed by atoms with Gasteiger partial charge in [0, 0.05) is 18.6 Å². The number of piperidine rings is 1. The monoisotopic (exact) mass is 253 g/mol. The third-order valence-electron chi connectivity index (χ3n) is 4.96. The summed E-state index contributed by atoms with van der Waals surface area (Å²) in [5.41, 5.74) is 6.26. The van der Waals surface area contributed by atoms with E-state index >= 15 is 0 Å². The molecule has 0 radical (unpaired) electrons. The minimum absolute atomic E-state index is 0.415. The van der Waals surface area contributed by atoms with Gasteiger partial charge in [0.2, 0.25) is 0 Å². The maximum Gasteiger partial charge on any atom is 0.0244 e. The van der Waals surface area contributed by atoms with Gasteiger partial charge in [-0.2, -0.15) is 0 Å². The molecule has 3 nitrogen and oxygen atoms in total. The Morgan fingerprint density at radius 3 is 2.67 bits per heavy atom. The van der Waals surface area contributed by atoms with Gasteiger partial charge >= 0.3 is 0 Å². The number of nitrogens with zero attached hydrogens (tertiary/aromatic N) is 2. The summed E-state index contributed by atoms with van der Waals surface area (Å²) < 4.78 is 0. The molecule has 1 saturated heterocycles. The van der Waals surface area contributed by atoms with Crippen LogP contribution in [-0.4, -0.2) is 55.6 Å². The van der Waals surface area contributed by atoms with E-state index in [1.165, 1.54) is 64.6 Å². The molecule has 18 heavy (non-hydrogen) atoms. The predicted octanol–water partition coefficient (Wildman–Crippen LogP) is 1.92. The zero-order valence-corrected chi connectivity index (χ0v) is 12.3. The van der Waals surface area contributed by atoms with Crippen LogP contribution in [0.15, 0.2) is 0 Å². The summed E-state index contributed by atoms with van der Waals surface area (Å²) in [6.07, 6.45) is 9.39. The normalized spacial score (nSPS) is 35.0. The first-order valence-corrected chi connectivity index (χ1v) is 7.81. The van der Waals surface area contributed by atoms with Crippen molar-refractivity contribution in [1.29, 1.82) is 0 Å². The number of likely N-dealkylation sites (tertiary alicyclic amines) is 1. The van der Waals surface area contributed by atoms with E-state index in [-0.39, 0.29) is 0 Å². The summed E-state index contributed by atoms with van der Waals surface area (Å²) in [6, 6.07) is 1.05. The molecular formula is C15H31N3. The highest BCUT2D eigenvalue weighted by Gasteiger charge is 2.26. The molecule has 2 N–H and O–H groups in total. The predicted molar refractivity (Wildman–Crippen MR) is 77.7 cm³/mol. The van der Waals surface area contributed by atoms with Crippen LogP contribution < -0.4 is 5.73 Å². The lowest BCUT2D eigenvalue weighted by Crippen LogP contribution is -2.48. The Labute approximate surface area is 113 Å². The van der Waals surface area contributed by atoms with E-state index in [9.17, 15) is 0 Å². The van der Waals surface area contributed by atoms with Gasteiger partial charge in [-0.1, -0.05) is 12.8 Å². The first-order valence-electron chi connectivity index (χ1n) is 7.81. The zero-order chi connectivity index (χ0) is 13.0. The molecule has 0 amide bonds. The van der Waals surface area contributed by atoms with E-state index in [4.69, 9.17) is 5.73 Å². The second kappa shape index (κ2) is 6.88. The molecule has 1 aliphatic heterocycles. The quantitative estimate of drug-likeness (QED) is 0.831. The maximum atomic E-state index is 6.26. The van der Waals surface area contributed by atoms with E-state index in [0.717, 1.165) is 5.92 Å². The Kier molecular flexibility index (Phi) is 5.46. The maximum absolute atomic E-state index is 6.26. The van der Waals surface area contributed by atoms with E-state index < -0.39 is 0 Å². The van der Waals surface area contributed by atoms with Crippen LogP contribution in [0.25, 0.3) is 0 Å². The number of hydrogen-bond donors (Lipinski definition) is 1. The van der Waals surface area contributed by atoms with E-state index in [1.54, 1.807) is 0 Å². The summed E-state index contributed by atoms with van der Waals surface area (Å²) in [7, 11) is 4.54. The molecule has 2 fully saturated rings. The first-order chi connectivity index (χ1) is 8.66. The Balaban J connectivity index is 1.71. The minimum Gasteiger partial charge on any atom is -0.326 e. The summed E-state index contributed by atoms with van der Waals surface area (Å²) in [5.74, 6) is 0.908. The molecule has 1 aliphatic carbocycles. The van der Waals surface area contributed by atoms with Crippen molar-refractivity contribution in [2.75, 3.05) is 33.7 Å². The van der Waals surface area contributed by atoms with Gasteiger partial charge in [-0.3, -0.25) is 0 Å². The van der Waals surface area contributed by atoms with Crippen LogP contribution in [0.1, 0.15) is 44.9 Å². The number of nitrogens with two attached hydrogens (primary N) is 1. The van der Waals surface area contributed by atoms with Crippen molar-refractivity contribution in [3.63, 3.8) is 0 Å². The number of likely N-dealkylation sites (N-methyl/N-ethyl adjacent to an activating group) is 1.